The van der Waals surface area contributed by atoms with Crippen LogP contribution in [0, 0.1) is 0 Å². The van der Waals surface area contributed by atoms with E-state index in [9.17, 15) is 0 Å². The molecule has 0 bridgehead atoms. The molecular weight excluding hydrogens is 325 g/mol. The van der Waals surface area contributed by atoms with Crippen molar-refractivity contribution in [2.24, 2.45) is 4.74 Å². The molecule has 0 radical (unpaired) electrons. The second-order valence-corrected chi connectivity index (χ2v) is 11.6. The molecule has 0 aromatic heterocycles. The molecule has 25 heavy (non-hydrogen) atoms. The Morgan fingerprint density at radius 3 is 1.36 bits per heavy atom. The Hall–Kier alpha value is -0.720. The lowest BCUT2D eigenvalue weighted by atomic mass is 9.74. The Bertz CT molecular complexity index is 597. The average Bonchev–Trinajstić information content (AvgIpc) is 2.33. The van der Waals surface area contributed by atoms with Gasteiger partial charge in [-0.1, -0.05) is 74.4 Å². The zero-order valence-electron chi connectivity index (χ0n) is 18.5. The summed E-state index contributed by atoms with van der Waals surface area (Å²) in [5.41, 5.74) is 5.03. The fourth-order valence-corrected chi connectivity index (χ4v) is 3.09. The summed E-state index contributed by atoms with van der Waals surface area (Å²) in [4.78, 5) is 0. The molecule has 0 fully saturated rings. The van der Waals surface area contributed by atoms with E-state index in [-0.39, 0.29) is 21.8 Å². The van der Waals surface area contributed by atoms with Gasteiger partial charge in [0.25, 0.3) is 0 Å². The number of rotatable bonds is 2. The molecule has 142 valence electrons. The maximum absolute atomic E-state index is 5.87. The van der Waals surface area contributed by atoms with E-state index in [2.05, 4.69) is 95.2 Å². The van der Waals surface area contributed by atoms with E-state index in [1.54, 1.807) is 0 Å². The molecule has 0 aliphatic rings. The van der Waals surface area contributed by atoms with Gasteiger partial charge in [-0.05, 0) is 53.7 Å². The summed E-state index contributed by atoms with van der Waals surface area (Å²) < 4.78 is 10.8. The molecule has 0 heterocycles. The SMILES string of the molecule is CC(C)(C)OP=Nc1c(C(C)(C)C)cc(C(C)(C)C)cc1C(C)(C)C. The fourth-order valence-electron chi connectivity index (χ4n) is 2.50. The standard InChI is InChI=1S/C22H38NOP/c1-19(2,3)15-13-16(20(4,5)6)18(17(14-15)21(7,8)9)23-25-24-22(10,11)12/h13-14H,1-12H3. The smallest absolute Gasteiger partial charge is 0.178 e. The van der Waals surface area contributed by atoms with Crippen molar-refractivity contribution in [2.45, 2.75) is 105 Å². The lowest BCUT2D eigenvalue weighted by Crippen LogP contribution is -2.21. The maximum atomic E-state index is 5.87. The van der Waals surface area contributed by atoms with Crippen molar-refractivity contribution in [3.8, 4) is 0 Å². The molecule has 0 unspecified atom stereocenters. The van der Waals surface area contributed by atoms with Gasteiger partial charge in [-0.25, -0.2) is 4.74 Å². The molecule has 2 nitrogen and oxygen atoms in total. The van der Waals surface area contributed by atoms with Crippen LogP contribution in [-0.4, -0.2) is 5.60 Å². The van der Waals surface area contributed by atoms with E-state index in [1.807, 2.05) is 0 Å². The fraction of sp³-hybridized carbons (Fsp3) is 0.727. The molecule has 0 aliphatic heterocycles. The minimum absolute atomic E-state index is 0.0251. The molecule has 1 aromatic rings. The summed E-state index contributed by atoms with van der Waals surface area (Å²) in [5, 5.41) is 0. The van der Waals surface area contributed by atoms with Gasteiger partial charge in [0.2, 0.25) is 0 Å². The Balaban J connectivity index is 3.71. The van der Waals surface area contributed by atoms with E-state index in [0.717, 1.165) is 5.69 Å². The topological polar surface area (TPSA) is 21.6 Å². The Morgan fingerprint density at radius 2 is 1.08 bits per heavy atom. The van der Waals surface area contributed by atoms with Gasteiger partial charge in [-0.3, -0.25) is 0 Å². The van der Waals surface area contributed by atoms with E-state index >= 15 is 0 Å². The maximum Gasteiger partial charge on any atom is 0.178 e. The van der Waals surface area contributed by atoms with Crippen molar-refractivity contribution >= 4 is 14.3 Å². The van der Waals surface area contributed by atoms with Crippen molar-refractivity contribution in [3.05, 3.63) is 28.8 Å². The number of hydrogen-bond acceptors (Lipinski definition) is 2. The van der Waals surface area contributed by atoms with Crippen LogP contribution in [0.4, 0.5) is 5.69 Å². The van der Waals surface area contributed by atoms with Crippen LogP contribution >= 0.6 is 8.60 Å². The third-order valence-corrected chi connectivity index (χ3v) is 4.96. The van der Waals surface area contributed by atoms with Crippen molar-refractivity contribution < 1.29 is 4.52 Å². The molecule has 0 saturated carbocycles. The van der Waals surface area contributed by atoms with Gasteiger partial charge in [0, 0.05) is 0 Å². The predicted molar refractivity (Wildman–Crippen MR) is 112 cm³/mol. The minimum Gasteiger partial charge on any atom is -0.305 e. The summed E-state index contributed by atoms with van der Waals surface area (Å²) in [6, 6.07) is 4.70. The molecule has 0 N–H and O–H groups in total. The molecule has 0 spiro atoms. The van der Waals surface area contributed by atoms with E-state index in [4.69, 9.17) is 9.27 Å². The van der Waals surface area contributed by atoms with Gasteiger partial charge < -0.3 is 4.52 Å². The highest BCUT2D eigenvalue weighted by Gasteiger charge is 2.29. The molecule has 0 amide bonds. The van der Waals surface area contributed by atoms with E-state index < -0.39 is 0 Å². The van der Waals surface area contributed by atoms with Crippen LogP contribution in [0.3, 0.4) is 0 Å². The minimum atomic E-state index is -0.194. The van der Waals surface area contributed by atoms with Crippen LogP contribution in [-0.2, 0) is 20.8 Å². The van der Waals surface area contributed by atoms with Crippen molar-refractivity contribution in [1.29, 1.82) is 0 Å². The highest BCUT2D eigenvalue weighted by atomic mass is 31.1. The third kappa shape index (κ3) is 6.50. The zero-order valence-corrected chi connectivity index (χ0v) is 19.4. The molecule has 3 heteroatoms. The summed E-state index contributed by atoms with van der Waals surface area (Å²) >= 11 is 0. The van der Waals surface area contributed by atoms with Crippen LogP contribution in [0.15, 0.2) is 16.9 Å². The monoisotopic (exact) mass is 363 g/mol. The van der Waals surface area contributed by atoms with Gasteiger partial charge in [0.15, 0.2) is 8.60 Å². The van der Waals surface area contributed by atoms with Crippen LogP contribution in [0.1, 0.15) is 99.8 Å². The van der Waals surface area contributed by atoms with Crippen molar-refractivity contribution in [1.82, 2.24) is 0 Å². The largest absolute Gasteiger partial charge is 0.305 e. The molecule has 1 aromatic carbocycles. The molecule has 0 atom stereocenters. The van der Waals surface area contributed by atoms with E-state index in [0.29, 0.717) is 8.60 Å². The van der Waals surface area contributed by atoms with Crippen LogP contribution < -0.4 is 0 Å². The van der Waals surface area contributed by atoms with Gasteiger partial charge in [-0.2, -0.15) is 0 Å². The first-order valence-electron chi connectivity index (χ1n) is 9.22. The van der Waals surface area contributed by atoms with Gasteiger partial charge in [0.05, 0.1) is 11.3 Å². The predicted octanol–water partition coefficient (Wildman–Crippen LogP) is 8.07. The Labute approximate surface area is 157 Å². The number of hydrogen-bond donors (Lipinski definition) is 0. The van der Waals surface area contributed by atoms with Crippen molar-refractivity contribution in [2.75, 3.05) is 0 Å². The molecule has 0 aliphatic carbocycles. The van der Waals surface area contributed by atoms with E-state index in [1.165, 1.54) is 16.7 Å². The molecule has 0 saturated heterocycles. The number of benzene rings is 1. The molecular formula is C22H38NOP. The summed E-state index contributed by atoms with van der Waals surface area (Å²) in [7, 11) is 0.666. The Morgan fingerprint density at radius 1 is 0.680 bits per heavy atom. The highest BCUT2D eigenvalue weighted by Crippen LogP contribution is 2.44. The van der Waals surface area contributed by atoms with Crippen LogP contribution in [0.25, 0.3) is 0 Å². The Kier molecular flexibility index (Phi) is 6.36. The molecule has 1 rings (SSSR count). The quantitative estimate of drug-likeness (QED) is 0.487. The number of nitrogens with zero attached hydrogens (tertiary/aromatic N) is 1. The highest BCUT2D eigenvalue weighted by molar-refractivity contribution is 7.20. The summed E-state index contributed by atoms with van der Waals surface area (Å²) in [5.74, 6) is 0. The van der Waals surface area contributed by atoms with Crippen LogP contribution in [0.2, 0.25) is 0 Å². The van der Waals surface area contributed by atoms with Gasteiger partial charge in [-0.15, -0.1) is 0 Å². The lowest BCUT2D eigenvalue weighted by Gasteiger charge is -2.32. The second kappa shape index (κ2) is 7.12. The van der Waals surface area contributed by atoms with Gasteiger partial charge >= 0.3 is 0 Å². The zero-order chi connectivity index (χ0) is 19.8. The average molecular weight is 364 g/mol. The van der Waals surface area contributed by atoms with Crippen LogP contribution in [0.5, 0.6) is 0 Å². The van der Waals surface area contributed by atoms with Crippen molar-refractivity contribution in [3.63, 3.8) is 0 Å². The lowest BCUT2D eigenvalue weighted by molar-refractivity contribution is 0.160. The first kappa shape index (κ1) is 22.3. The first-order chi connectivity index (χ1) is 10.9. The normalized spacial score (nSPS) is 14.4. The first-order valence-corrected chi connectivity index (χ1v) is 9.98. The third-order valence-electron chi connectivity index (χ3n) is 4.05. The second-order valence-electron chi connectivity index (χ2n) is 11.1. The van der Waals surface area contributed by atoms with Gasteiger partial charge in [0.1, 0.15) is 0 Å². The summed E-state index contributed by atoms with van der Waals surface area (Å²) in [6.07, 6.45) is 0. The summed E-state index contributed by atoms with van der Waals surface area (Å²) in [6.45, 7) is 26.6.